The van der Waals surface area contributed by atoms with Crippen molar-refractivity contribution in [3.8, 4) is 11.8 Å². The molecule has 0 aliphatic rings. The predicted octanol–water partition coefficient (Wildman–Crippen LogP) is 8.01. The summed E-state index contributed by atoms with van der Waals surface area (Å²) in [4.78, 5) is 23.6. The number of carbonyl (C=O) groups is 2. The van der Waals surface area contributed by atoms with Crippen LogP contribution in [0.25, 0.3) is 0 Å². The molecule has 0 fully saturated rings. The SMILES string of the molecule is C=C(CCCC=N)OCCCOC(=O)/C(SC(=C)C#CC(C)(C)C)=C(/C)N(C)C.C=O.CCCCC(C)C. The zero-order valence-corrected chi connectivity index (χ0v) is 26.4. The van der Waals surface area contributed by atoms with Gasteiger partial charge in [0, 0.05) is 38.0 Å². The molecule has 0 rings (SSSR count). The molecule has 218 valence electrons. The van der Waals surface area contributed by atoms with E-state index < -0.39 is 0 Å². The van der Waals surface area contributed by atoms with Gasteiger partial charge < -0.3 is 24.6 Å². The van der Waals surface area contributed by atoms with E-state index in [-0.39, 0.29) is 18.0 Å². The van der Waals surface area contributed by atoms with Gasteiger partial charge in [0.2, 0.25) is 0 Å². The van der Waals surface area contributed by atoms with Gasteiger partial charge in [0.15, 0.2) is 0 Å². The van der Waals surface area contributed by atoms with Crippen LogP contribution in [0.2, 0.25) is 0 Å². The van der Waals surface area contributed by atoms with Crippen LogP contribution in [0.3, 0.4) is 0 Å². The normalized spacial score (nSPS) is 10.8. The average Bonchev–Trinajstić information content (AvgIpc) is 2.85. The fraction of sp³-hybridized carbons (Fsp3) is 0.645. The summed E-state index contributed by atoms with van der Waals surface area (Å²) in [5.41, 5.74) is 0.669. The van der Waals surface area contributed by atoms with Crippen LogP contribution in [0.4, 0.5) is 0 Å². The summed E-state index contributed by atoms with van der Waals surface area (Å²) in [5.74, 6) is 7.37. The molecule has 0 amide bonds. The van der Waals surface area contributed by atoms with E-state index in [1.165, 1.54) is 37.2 Å². The molecule has 38 heavy (non-hydrogen) atoms. The van der Waals surface area contributed by atoms with Crippen LogP contribution in [-0.4, -0.2) is 51.2 Å². The first kappa shape index (κ1) is 40.0. The molecule has 0 aromatic heterocycles. The summed E-state index contributed by atoms with van der Waals surface area (Å²) < 4.78 is 11.0. The van der Waals surface area contributed by atoms with E-state index in [4.69, 9.17) is 19.7 Å². The van der Waals surface area contributed by atoms with Crippen molar-refractivity contribution < 1.29 is 19.1 Å². The van der Waals surface area contributed by atoms with Crippen LogP contribution in [0, 0.1) is 28.6 Å². The van der Waals surface area contributed by atoms with Gasteiger partial charge in [-0.3, -0.25) is 0 Å². The molecule has 0 saturated carbocycles. The first-order valence-corrected chi connectivity index (χ1v) is 14.1. The maximum atomic E-state index is 12.6. The van der Waals surface area contributed by atoms with Crippen molar-refractivity contribution in [3.05, 3.63) is 34.4 Å². The van der Waals surface area contributed by atoms with Gasteiger partial charge in [0.1, 0.15) is 11.7 Å². The van der Waals surface area contributed by atoms with Crippen molar-refractivity contribution in [2.24, 2.45) is 11.3 Å². The van der Waals surface area contributed by atoms with E-state index in [1.54, 1.807) is 0 Å². The second kappa shape index (κ2) is 24.9. The Kier molecular flexibility index (Phi) is 26.2. The van der Waals surface area contributed by atoms with Gasteiger partial charge in [-0.1, -0.05) is 76.8 Å². The van der Waals surface area contributed by atoms with E-state index in [0.717, 1.165) is 30.9 Å². The average molecular weight is 551 g/mol. The second-order valence-corrected chi connectivity index (χ2v) is 11.4. The number of unbranched alkanes of at least 4 members (excludes halogenated alkanes) is 2. The summed E-state index contributed by atoms with van der Waals surface area (Å²) >= 11 is 1.24. The number of hydrogen-bond donors (Lipinski definition) is 1. The Morgan fingerprint density at radius 2 is 1.66 bits per heavy atom. The summed E-state index contributed by atoms with van der Waals surface area (Å²) in [7, 11) is 3.76. The number of carbonyl (C=O) groups excluding carboxylic acids is 2. The van der Waals surface area contributed by atoms with Gasteiger partial charge in [-0.05, 0) is 52.7 Å². The summed E-state index contributed by atoms with van der Waals surface area (Å²) in [6.07, 6.45) is 8.43. The summed E-state index contributed by atoms with van der Waals surface area (Å²) in [5, 5.41) is 7.00. The van der Waals surface area contributed by atoms with Crippen molar-refractivity contribution in [3.63, 3.8) is 0 Å². The smallest absolute Gasteiger partial charge is 0.346 e. The fourth-order valence-electron chi connectivity index (χ4n) is 2.46. The Morgan fingerprint density at radius 3 is 2.11 bits per heavy atom. The van der Waals surface area contributed by atoms with Gasteiger partial charge in [-0.15, -0.1) is 0 Å². The van der Waals surface area contributed by atoms with Gasteiger partial charge in [0.25, 0.3) is 0 Å². The molecule has 0 radical (unpaired) electrons. The highest BCUT2D eigenvalue weighted by Gasteiger charge is 2.18. The van der Waals surface area contributed by atoms with Gasteiger partial charge in [-0.2, -0.15) is 0 Å². The van der Waals surface area contributed by atoms with E-state index >= 15 is 0 Å². The number of rotatable bonds is 16. The van der Waals surface area contributed by atoms with Crippen LogP contribution in [0.5, 0.6) is 0 Å². The van der Waals surface area contributed by atoms with Crippen molar-refractivity contribution >= 4 is 30.7 Å². The molecule has 0 bridgehead atoms. The van der Waals surface area contributed by atoms with Crippen LogP contribution in [0.1, 0.15) is 93.4 Å². The Labute approximate surface area is 238 Å². The number of ether oxygens (including phenoxy) is 2. The molecular formula is C31H54N2O4S. The Hall–Kier alpha value is -2.46. The van der Waals surface area contributed by atoms with Gasteiger partial charge >= 0.3 is 5.97 Å². The summed E-state index contributed by atoms with van der Waals surface area (Å²) in [6.45, 7) is 25.3. The molecule has 0 unspecified atom stereocenters. The highest BCUT2D eigenvalue weighted by Crippen LogP contribution is 2.29. The minimum atomic E-state index is -0.385. The van der Waals surface area contributed by atoms with Gasteiger partial charge in [0.05, 0.1) is 23.9 Å². The first-order chi connectivity index (χ1) is 17.7. The second-order valence-electron chi connectivity index (χ2n) is 10.3. The molecule has 0 atom stereocenters. The minimum Gasteiger partial charge on any atom is -0.498 e. The molecule has 0 heterocycles. The van der Waals surface area contributed by atoms with Crippen molar-refractivity contribution in [1.29, 1.82) is 5.41 Å². The Morgan fingerprint density at radius 1 is 1.08 bits per heavy atom. The van der Waals surface area contributed by atoms with Crippen molar-refractivity contribution in [2.45, 2.75) is 93.4 Å². The highest BCUT2D eigenvalue weighted by molar-refractivity contribution is 8.07. The lowest BCUT2D eigenvalue weighted by atomic mass is 9.98. The maximum Gasteiger partial charge on any atom is 0.346 e. The number of thioether (sulfide) groups is 1. The van der Waals surface area contributed by atoms with Crippen LogP contribution in [-0.2, 0) is 19.1 Å². The number of esters is 1. The molecule has 0 saturated heterocycles. The standard InChI is InChI=1S/C23H36N2O3S.C7H16.CH2O/c1-18(12-9-10-15-24)27-16-11-17-28-22(26)21(20(3)25(7)8)29-19(2)13-14-23(4,5)6;1-4-5-6-7(2)3;1-2/h15,24H,1-2,9-12,16-17H2,3-8H3;7H,4-6H2,1-3H3;1H2/b21-20+,24-15?;;. The number of nitrogens with one attached hydrogen (secondary N) is 1. The third kappa shape index (κ3) is 26.6. The molecule has 0 aromatic rings. The number of nitrogens with zero attached hydrogens (tertiary/aromatic N) is 1. The maximum absolute atomic E-state index is 12.6. The van der Waals surface area contributed by atoms with Crippen molar-refractivity contribution in [1.82, 2.24) is 4.90 Å². The Bertz CT molecular complexity index is 784. The zero-order valence-electron chi connectivity index (χ0n) is 25.6. The summed E-state index contributed by atoms with van der Waals surface area (Å²) in [6, 6.07) is 0. The predicted molar refractivity (Wildman–Crippen MR) is 165 cm³/mol. The molecular weight excluding hydrogens is 496 g/mol. The Balaban J connectivity index is -0.00000117. The first-order valence-electron chi connectivity index (χ1n) is 13.3. The van der Waals surface area contributed by atoms with E-state index in [9.17, 15) is 4.79 Å². The zero-order chi connectivity index (χ0) is 30.1. The highest BCUT2D eigenvalue weighted by atomic mass is 32.2. The molecule has 6 nitrogen and oxygen atoms in total. The van der Waals surface area contributed by atoms with Crippen molar-refractivity contribution in [2.75, 3.05) is 27.3 Å². The van der Waals surface area contributed by atoms with E-state index in [1.807, 2.05) is 53.5 Å². The van der Waals surface area contributed by atoms with Crippen LogP contribution >= 0.6 is 11.8 Å². The number of hydrogen-bond acceptors (Lipinski definition) is 7. The quantitative estimate of drug-likeness (QED) is 0.0524. The van der Waals surface area contributed by atoms with E-state index in [0.29, 0.717) is 28.6 Å². The lowest BCUT2D eigenvalue weighted by Crippen LogP contribution is -2.16. The fourth-order valence-corrected chi connectivity index (χ4v) is 3.28. The molecule has 0 aliphatic carbocycles. The lowest BCUT2D eigenvalue weighted by molar-refractivity contribution is -0.138. The largest absolute Gasteiger partial charge is 0.498 e. The third-order valence-electron chi connectivity index (χ3n) is 4.75. The van der Waals surface area contributed by atoms with Crippen LogP contribution in [0.15, 0.2) is 34.4 Å². The molecule has 7 heteroatoms. The van der Waals surface area contributed by atoms with Crippen LogP contribution < -0.4 is 0 Å². The number of allylic oxidation sites excluding steroid dienone is 3. The minimum absolute atomic E-state index is 0.131. The molecule has 0 aromatic carbocycles. The topological polar surface area (TPSA) is 79.7 Å². The molecule has 1 N–H and O–H groups in total. The lowest BCUT2D eigenvalue weighted by Gasteiger charge is -2.18. The monoisotopic (exact) mass is 550 g/mol. The third-order valence-corrected chi connectivity index (χ3v) is 5.77. The molecule has 0 spiro atoms. The molecule has 0 aliphatic heterocycles. The van der Waals surface area contributed by atoms with E-state index in [2.05, 4.69) is 45.8 Å². The van der Waals surface area contributed by atoms with Gasteiger partial charge in [-0.25, -0.2) is 4.79 Å².